The molecule has 20 heavy (non-hydrogen) atoms. The van der Waals surface area contributed by atoms with Crippen molar-refractivity contribution in [2.75, 3.05) is 6.54 Å². The molecule has 0 saturated carbocycles. The molecule has 104 valence electrons. The number of hydrogen-bond acceptors (Lipinski definition) is 3. The Kier molecular flexibility index (Phi) is 3.33. The lowest BCUT2D eigenvalue weighted by atomic mass is 10.0. The van der Waals surface area contributed by atoms with Crippen LogP contribution in [0.2, 0.25) is 0 Å². The number of alkyl halides is 1. The first-order chi connectivity index (χ1) is 9.56. The zero-order valence-corrected chi connectivity index (χ0v) is 12.2. The molecule has 0 bridgehead atoms. The van der Waals surface area contributed by atoms with Crippen LogP contribution in [-0.4, -0.2) is 40.0 Å². The molecule has 1 aliphatic carbocycles. The third-order valence-corrected chi connectivity index (χ3v) is 4.30. The highest BCUT2D eigenvalue weighted by Crippen LogP contribution is 2.28. The van der Waals surface area contributed by atoms with Gasteiger partial charge in [0.15, 0.2) is 0 Å². The fourth-order valence-corrected chi connectivity index (χ4v) is 2.95. The number of hydrogen-bond donors (Lipinski definition) is 1. The fourth-order valence-electron chi connectivity index (χ4n) is 2.64. The Morgan fingerprint density at radius 1 is 1.20 bits per heavy atom. The Bertz CT molecular complexity index is 591. The maximum atomic E-state index is 12.4. The Labute approximate surface area is 124 Å². The second kappa shape index (κ2) is 5.01. The van der Waals surface area contributed by atoms with E-state index in [1.165, 1.54) is 0 Å². The van der Waals surface area contributed by atoms with Gasteiger partial charge in [0.25, 0.3) is 5.91 Å². The van der Waals surface area contributed by atoms with E-state index in [2.05, 4.69) is 21.2 Å². The highest BCUT2D eigenvalue weighted by atomic mass is 79.9. The van der Waals surface area contributed by atoms with Gasteiger partial charge in [-0.05, 0) is 12.0 Å². The number of halogens is 1. The molecule has 3 amide bonds. The molecule has 2 aliphatic heterocycles. The van der Waals surface area contributed by atoms with E-state index in [1.54, 1.807) is 11.0 Å². The quantitative estimate of drug-likeness (QED) is 0.569. The average molecular weight is 337 g/mol. The van der Waals surface area contributed by atoms with E-state index in [1.807, 2.05) is 18.2 Å². The van der Waals surface area contributed by atoms with Gasteiger partial charge in [-0.1, -0.05) is 40.2 Å². The molecule has 2 atom stereocenters. The summed E-state index contributed by atoms with van der Waals surface area (Å²) in [4.78, 5) is 37.1. The van der Waals surface area contributed by atoms with Crippen molar-refractivity contribution in [2.45, 2.75) is 23.7 Å². The van der Waals surface area contributed by atoms with Crippen molar-refractivity contribution in [3.63, 3.8) is 0 Å². The molecule has 2 unspecified atom stereocenters. The first kappa shape index (κ1) is 13.3. The van der Waals surface area contributed by atoms with E-state index >= 15 is 0 Å². The molecule has 6 heteroatoms. The summed E-state index contributed by atoms with van der Waals surface area (Å²) in [6.45, 7) is 0.418. The third-order valence-electron chi connectivity index (χ3n) is 3.69. The smallest absolute Gasteiger partial charge is 0.255 e. The molecular formula is C14H13BrN2O3. The fraction of sp³-hybridized carbons (Fsp3) is 0.357. The van der Waals surface area contributed by atoms with Crippen LogP contribution in [0.3, 0.4) is 0 Å². The normalized spacial score (nSPS) is 29.6. The van der Waals surface area contributed by atoms with Gasteiger partial charge >= 0.3 is 0 Å². The van der Waals surface area contributed by atoms with Crippen molar-refractivity contribution >= 4 is 33.7 Å². The number of rotatable bonds is 1. The maximum Gasteiger partial charge on any atom is 0.255 e. The van der Waals surface area contributed by atoms with Gasteiger partial charge in [-0.2, -0.15) is 0 Å². The number of carbonyl (C=O) groups excluding carboxylic acids is 3. The van der Waals surface area contributed by atoms with Crippen molar-refractivity contribution in [1.82, 2.24) is 10.2 Å². The summed E-state index contributed by atoms with van der Waals surface area (Å²) in [5.41, 5.74) is 1.55. The number of piperidine rings is 1. The zero-order chi connectivity index (χ0) is 14.3. The molecule has 0 radical (unpaired) electrons. The summed E-state index contributed by atoms with van der Waals surface area (Å²) >= 11 is 3.45. The molecule has 1 N–H and O–H groups in total. The number of amides is 3. The zero-order valence-electron chi connectivity index (χ0n) is 10.6. The van der Waals surface area contributed by atoms with Crippen LogP contribution < -0.4 is 5.32 Å². The number of carbonyl (C=O) groups is 3. The molecule has 0 aromatic rings. The molecule has 1 fully saturated rings. The van der Waals surface area contributed by atoms with Crippen molar-refractivity contribution in [3.05, 3.63) is 35.5 Å². The average Bonchev–Trinajstić information content (AvgIpc) is 2.58. The third kappa shape index (κ3) is 2.24. The molecule has 3 rings (SSSR count). The Hall–Kier alpha value is -1.69. The molecular weight excluding hydrogens is 324 g/mol. The van der Waals surface area contributed by atoms with E-state index in [0.29, 0.717) is 18.5 Å². The predicted octanol–water partition coefficient (Wildman–Crippen LogP) is 0.820. The molecule has 3 aliphatic rings. The van der Waals surface area contributed by atoms with Crippen LogP contribution in [0.15, 0.2) is 35.5 Å². The molecule has 2 heterocycles. The van der Waals surface area contributed by atoms with Gasteiger partial charge in [0.2, 0.25) is 11.8 Å². The van der Waals surface area contributed by atoms with Crippen LogP contribution in [0.5, 0.6) is 0 Å². The Morgan fingerprint density at radius 3 is 2.70 bits per heavy atom. The lowest BCUT2D eigenvalue weighted by molar-refractivity contribution is -0.142. The highest BCUT2D eigenvalue weighted by Gasteiger charge is 2.39. The summed E-state index contributed by atoms with van der Waals surface area (Å²) in [5, 5.41) is 2.29. The van der Waals surface area contributed by atoms with Gasteiger partial charge in [0.05, 0.1) is 4.83 Å². The van der Waals surface area contributed by atoms with E-state index in [0.717, 1.165) is 5.57 Å². The van der Waals surface area contributed by atoms with Crippen LogP contribution >= 0.6 is 15.9 Å². The molecule has 1 saturated heterocycles. The topological polar surface area (TPSA) is 66.5 Å². The summed E-state index contributed by atoms with van der Waals surface area (Å²) in [7, 11) is 0. The summed E-state index contributed by atoms with van der Waals surface area (Å²) < 4.78 is 0. The highest BCUT2D eigenvalue weighted by molar-refractivity contribution is 9.09. The SMILES string of the molecule is O=C1CCC(N2CC3=C(C=CC(Br)C=C3)C2=O)C(=O)N1. The van der Waals surface area contributed by atoms with E-state index < -0.39 is 6.04 Å². The Balaban J connectivity index is 1.82. The largest absolute Gasteiger partial charge is 0.322 e. The molecule has 0 aromatic carbocycles. The van der Waals surface area contributed by atoms with Crippen molar-refractivity contribution in [3.8, 4) is 0 Å². The van der Waals surface area contributed by atoms with E-state index in [-0.39, 0.29) is 29.0 Å². The summed E-state index contributed by atoms with van der Waals surface area (Å²) in [5.74, 6) is -0.787. The second-order valence-corrected chi connectivity index (χ2v) is 6.06. The van der Waals surface area contributed by atoms with Gasteiger partial charge in [-0.15, -0.1) is 0 Å². The van der Waals surface area contributed by atoms with Gasteiger partial charge in [-0.3, -0.25) is 19.7 Å². The minimum atomic E-state index is -0.548. The van der Waals surface area contributed by atoms with Gasteiger partial charge in [-0.25, -0.2) is 0 Å². The number of nitrogens with zero attached hydrogens (tertiary/aromatic N) is 1. The van der Waals surface area contributed by atoms with E-state index in [4.69, 9.17) is 0 Å². The number of allylic oxidation sites excluding steroid dienone is 2. The van der Waals surface area contributed by atoms with Crippen LogP contribution in [0.25, 0.3) is 0 Å². The lowest BCUT2D eigenvalue weighted by Gasteiger charge is -2.29. The van der Waals surface area contributed by atoms with Crippen LogP contribution in [0.1, 0.15) is 12.8 Å². The lowest BCUT2D eigenvalue weighted by Crippen LogP contribution is -2.53. The van der Waals surface area contributed by atoms with Crippen molar-refractivity contribution in [2.24, 2.45) is 0 Å². The number of nitrogens with one attached hydrogen (secondary N) is 1. The van der Waals surface area contributed by atoms with Gasteiger partial charge in [0, 0.05) is 18.5 Å². The molecule has 0 spiro atoms. The minimum absolute atomic E-state index is 0.116. The molecule has 5 nitrogen and oxygen atoms in total. The van der Waals surface area contributed by atoms with Crippen molar-refractivity contribution < 1.29 is 14.4 Å². The first-order valence-corrected chi connectivity index (χ1v) is 7.36. The maximum absolute atomic E-state index is 12.4. The summed E-state index contributed by atoms with van der Waals surface area (Å²) in [6, 6.07) is -0.548. The van der Waals surface area contributed by atoms with Crippen molar-refractivity contribution in [1.29, 1.82) is 0 Å². The standard InChI is InChI=1S/C14H13BrN2O3/c15-9-2-1-8-7-17(14(20)10(8)4-3-9)11-5-6-12(18)16-13(11)19/h1-4,9,11H,5-7H2,(H,16,18,19). The summed E-state index contributed by atoms with van der Waals surface area (Å²) in [6.07, 6.45) is 8.23. The van der Waals surface area contributed by atoms with Gasteiger partial charge in [0.1, 0.15) is 6.04 Å². The monoisotopic (exact) mass is 336 g/mol. The minimum Gasteiger partial charge on any atom is -0.322 e. The van der Waals surface area contributed by atoms with Crippen LogP contribution in [-0.2, 0) is 14.4 Å². The Morgan fingerprint density at radius 2 is 1.95 bits per heavy atom. The first-order valence-electron chi connectivity index (χ1n) is 6.44. The van der Waals surface area contributed by atoms with Crippen LogP contribution in [0, 0.1) is 0 Å². The van der Waals surface area contributed by atoms with Crippen LogP contribution in [0.4, 0.5) is 0 Å². The van der Waals surface area contributed by atoms with E-state index in [9.17, 15) is 14.4 Å². The molecule has 0 aromatic heterocycles. The second-order valence-electron chi connectivity index (χ2n) is 5.00. The predicted molar refractivity (Wildman–Crippen MR) is 75.9 cm³/mol. The van der Waals surface area contributed by atoms with Gasteiger partial charge < -0.3 is 4.90 Å². The number of imide groups is 1.